The summed E-state index contributed by atoms with van der Waals surface area (Å²) in [6, 6.07) is 8.36. The third-order valence-corrected chi connectivity index (χ3v) is 3.66. The molecular weight excluding hydrogens is 278 g/mol. The fourth-order valence-corrected chi connectivity index (χ4v) is 2.57. The van der Waals surface area contributed by atoms with E-state index in [0.717, 1.165) is 29.7 Å². The molecule has 0 unspecified atom stereocenters. The molecule has 0 aliphatic carbocycles. The van der Waals surface area contributed by atoms with Crippen molar-refractivity contribution in [3.63, 3.8) is 0 Å². The van der Waals surface area contributed by atoms with Crippen molar-refractivity contribution >= 4 is 21.7 Å². The van der Waals surface area contributed by atoms with Gasteiger partial charge in [-0.05, 0) is 25.5 Å². The molecule has 0 bridgehead atoms. The molecule has 0 saturated heterocycles. The maximum atomic E-state index is 4.69. The van der Waals surface area contributed by atoms with Gasteiger partial charge in [-0.3, -0.25) is 0 Å². The maximum Gasteiger partial charge on any atom is 0.128 e. The normalized spacial score (nSPS) is 13.5. The average molecular weight is 292 g/mol. The third-order valence-electron chi connectivity index (χ3n) is 3.14. The van der Waals surface area contributed by atoms with Gasteiger partial charge in [-0.2, -0.15) is 5.10 Å². The van der Waals surface area contributed by atoms with Gasteiger partial charge in [-0.25, -0.2) is 4.68 Å². The van der Waals surface area contributed by atoms with Gasteiger partial charge in [0.05, 0.1) is 5.69 Å². The van der Waals surface area contributed by atoms with Gasteiger partial charge in [0, 0.05) is 28.7 Å². The highest BCUT2D eigenvalue weighted by atomic mass is 79.9. The van der Waals surface area contributed by atoms with E-state index >= 15 is 0 Å². The van der Waals surface area contributed by atoms with E-state index in [1.165, 1.54) is 16.9 Å². The molecule has 0 amide bonds. The first-order chi connectivity index (χ1) is 8.29. The molecule has 0 atom stereocenters. The highest BCUT2D eigenvalue weighted by molar-refractivity contribution is 9.10. The van der Waals surface area contributed by atoms with Crippen LogP contribution in [-0.2, 0) is 13.0 Å². The van der Waals surface area contributed by atoms with Crippen LogP contribution in [0.2, 0.25) is 0 Å². The van der Waals surface area contributed by atoms with E-state index in [1.54, 1.807) is 0 Å². The monoisotopic (exact) mass is 291 g/mol. The molecule has 88 valence electrons. The van der Waals surface area contributed by atoms with Crippen LogP contribution in [0.15, 0.2) is 28.7 Å². The number of fused-ring (bicyclic) bond motifs is 1. The molecule has 1 aromatic carbocycles. The van der Waals surface area contributed by atoms with Gasteiger partial charge in [0.25, 0.3) is 0 Å². The first-order valence-electron chi connectivity index (χ1n) is 5.89. The zero-order valence-corrected chi connectivity index (χ0v) is 11.3. The Morgan fingerprint density at radius 3 is 2.82 bits per heavy atom. The highest BCUT2D eigenvalue weighted by Crippen LogP contribution is 2.33. The average Bonchev–Trinajstić information content (AvgIpc) is 2.91. The van der Waals surface area contributed by atoms with E-state index < -0.39 is 0 Å². The molecule has 1 N–H and O–H groups in total. The van der Waals surface area contributed by atoms with Crippen molar-refractivity contribution in [2.75, 3.05) is 11.9 Å². The standard InChI is InChI=1S/C13H14BrN3/c1-2-17-13-11(7-8-15-13)12(16-17)9-3-5-10(14)6-4-9/h3-6,15H,2,7-8H2,1H3. The predicted octanol–water partition coefficient (Wildman–Crippen LogP) is 3.30. The summed E-state index contributed by atoms with van der Waals surface area (Å²) in [4.78, 5) is 0. The molecule has 0 saturated carbocycles. The van der Waals surface area contributed by atoms with Crippen LogP contribution in [0.1, 0.15) is 12.5 Å². The van der Waals surface area contributed by atoms with Crippen LogP contribution >= 0.6 is 15.9 Å². The second kappa shape index (κ2) is 4.18. The van der Waals surface area contributed by atoms with E-state index in [2.05, 4.69) is 62.2 Å². The van der Waals surface area contributed by atoms with Crippen molar-refractivity contribution in [1.29, 1.82) is 0 Å². The lowest BCUT2D eigenvalue weighted by atomic mass is 10.1. The molecular formula is C13H14BrN3. The number of aryl methyl sites for hydroxylation is 1. The molecule has 1 aliphatic heterocycles. The Morgan fingerprint density at radius 1 is 1.35 bits per heavy atom. The topological polar surface area (TPSA) is 29.9 Å². The smallest absolute Gasteiger partial charge is 0.128 e. The lowest BCUT2D eigenvalue weighted by molar-refractivity contribution is 0.668. The Morgan fingerprint density at radius 2 is 2.12 bits per heavy atom. The minimum atomic E-state index is 0.909. The van der Waals surface area contributed by atoms with Crippen molar-refractivity contribution < 1.29 is 0 Å². The number of halogens is 1. The SMILES string of the molecule is CCn1nc(-c2ccc(Br)cc2)c2c1NCC2. The Labute approximate surface area is 109 Å². The number of hydrogen-bond donors (Lipinski definition) is 1. The quantitative estimate of drug-likeness (QED) is 0.920. The molecule has 0 spiro atoms. The van der Waals surface area contributed by atoms with Gasteiger partial charge >= 0.3 is 0 Å². The molecule has 17 heavy (non-hydrogen) atoms. The highest BCUT2D eigenvalue weighted by Gasteiger charge is 2.22. The van der Waals surface area contributed by atoms with Crippen LogP contribution in [0.3, 0.4) is 0 Å². The number of benzene rings is 1. The number of hydrogen-bond acceptors (Lipinski definition) is 2. The lowest BCUT2D eigenvalue weighted by Gasteiger charge is -2.01. The number of anilines is 1. The lowest BCUT2D eigenvalue weighted by Crippen LogP contribution is -2.04. The second-order valence-electron chi connectivity index (χ2n) is 4.18. The van der Waals surface area contributed by atoms with E-state index in [9.17, 15) is 0 Å². The van der Waals surface area contributed by atoms with Gasteiger partial charge in [-0.15, -0.1) is 0 Å². The van der Waals surface area contributed by atoms with Crippen molar-refractivity contribution in [1.82, 2.24) is 9.78 Å². The summed E-state index contributed by atoms with van der Waals surface area (Å²) in [7, 11) is 0. The van der Waals surface area contributed by atoms with Gasteiger partial charge < -0.3 is 5.32 Å². The largest absolute Gasteiger partial charge is 0.370 e. The molecule has 2 heterocycles. The summed E-state index contributed by atoms with van der Waals surface area (Å²) in [5.41, 5.74) is 3.67. The summed E-state index contributed by atoms with van der Waals surface area (Å²) in [5, 5.41) is 8.10. The fraction of sp³-hybridized carbons (Fsp3) is 0.308. The summed E-state index contributed by atoms with van der Waals surface area (Å²) < 4.78 is 3.16. The van der Waals surface area contributed by atoms with Gasteiger partial charge in [0.2, 0.25) is 0 Å². The second-order valence-corrected chi connectivity index (χ2v) is 5.09. The summed E-state index contributed by atoms with van der Waals surface area (Å²) in [6.07, 6.45) is 1.07. The first-order valence-corrected chi connectivity index (χ1v) is 6.68. The maximum absolute atomic E-state index is 4.69. The molecule has 3 rings (SSSR count). The van der Waals surface area contributed by atoms with Crippen molar-refractivity contribution in [3.05, 3.63) is 34.3 Å². The van der Waals surface area contributed by atoms with Crippen molar-refractivity contribution in [2.24, 2.45) is 0 Å². The zero-order chi connectivity index (χ0) is 11.8. The van der Waals surface area contributed by atoms with Gasteiger partial charge in [0.15, 0.2) is 0 Å². The van der Waals surface area contributed by atoms with E-state index in [-0.39, 0.29) is 0 Å². The number of nitrogens with zero attached hydrogens (tertiary/aromatic N) is 2. The Bertz CT molecular complexity index is 543. The molecule has 3 nitrogen and oxygen atoms in total. The predicted molar refractivity (Wildman–Crippen MR) is 73.2 cm³/mol. The molecule has 4 heteroatoms. The number of rotatable bonds is 2. The van der Waals surface area contributed by atoms with Gasteiger partial charge in [0.1, 0.15) is 5.82 Å². The summed E-state index contributed by atoms with van der Waals surface area (Å²) >= 11 is 3.46. The Balaban J connectivity index is 2.12. The van der Waals surface area contributed by atoms with Crippen molar-refractivity contribution in [3.8, 4) is 11.3 Å². The molecule has 1 aliphatic rings. The minimum Gasteiger partial charge on any atom is -0.370 e. The van der Waals surface area contributed by atoms with Crippen LogP contribution in [0.4, 0.5) is 5.82 Å². The van der Waals surface area contributed by atoms with E-state index in [1.807, 2.05) is 0 Å². The Hall–Kier alpha value is -1.29. The number of nitrogens with one attached hydrogen (secondary N) is 1. The summed E-state index contributed by atoms with van der Waals surface area (Å²) in [6.45, 7) is 4.06. The Kier molecular flexibility index (Phi) is 2.67. The van der Waals surface area contributed by atoms with Crippen LogP contribution < -0.4 is 5.32 Å². The number of aromatic nitrogens is 2. The van der Waals surface area contributed by atoms with Crippen LogP contribution in [0.5, 0.6) is 0 Å². The van der Waals surface area contributed by atoms with E-state index in [4.69, 9.17) is 0 Å². The first kappa shape index (κ1) is 10.8. The molecule has 0 radical (unpaired) electrons. The van der Waals surface area contributed by atoms with Crippen molar-refractivity contribution in [2.45, 2.75) is 19.9 Å². The van der Waals surface area contributed by atoms with E-state index in [0.29, 0.717) is 0 Å². The van der Waals surface area contributed by atoms with Crippen LogP contribution in [0, 0.1) is 0 Å². The minimum absolute atomic E-state index is 0.909. The molecule has 0 fully saturated rings. The van der Waals surface area contributed by atoms with Crippen LogP contribution in [-0.4, -0.2) is 16.3 Å². The fourth-order valence-electron chi connectivity index (χ4n) is 2.31. The van der Waals surface area contributed by atoms with Gasteiger partial charge in [-0.1, -0.05) is 28.1 Å². The molecule has 1 aromatic heterocycles. The van der Waals surface area contributed by atoms with Crippen LogP contribution in [0.25, 0.3) is 11.3 Å². The molecule has 2 aromatic rings. The third kappa shape index (κ3) is 1.76. The zero-order valence-electron chi connectivity index (χ0n) is 9.70. The summed E-state index contributed by atoms with van der Waals surface area (Å²) in [5.74, 6) is 1.20.